The number of hydrogen-bond donors (Lipinski definition) is 1. The molecule has 0 unspecified atom stereocenters. The van der Waals surface area contributed by atoms with Crippen molar-refractivity contribution < 1.29 is 9.53 Å². The van der Waals surface area contributed by atoms with Crippen LogP contribution in [0.2, 0.25) is 0 Å². The first-order valence-corrected chi connectivity index (χ1v) is 7.73. The Morgan fingerprint density at radius 1 is 1.29 bits per heavy atom. The second kappa shape index (κ2) is 4.79. The van der Waals surface area contributed by atoms with Crippen LogP contribution in [0.15, 0.2) is 24.3 Å². The van der Waals surface area contributed by atoms with Gasteiger partial charge in [0.25, 0.3) is 5.91 Å². The van der Waals surface area contributed by atoms with E-state index in [1.54, 1.807) is 7.11 Å². The van der Waals surface area contributed by atoms with Crippen LogP contribution in [-0.4, -0.2) is 35.5 Å². The van der Waals surface area contributed by atoms with Gasteiger partial charge < -0.3 is 14.6 Å². The molecular formula is C17H20N2O2. The minimum absolute atomic E-state index is 0.141. The summed E-state index contributed by atoms with van der Waals surface area (Å²) in [4.78, 5) is 18.1. The molecule has 4 heteroatoms. The van der Waals surface area contributed by atoms with Crippen molar-refractivity contribution in [3.8, 4) is 5.75 Å². The van der Waals surface area contributed by atoms with Crippen LogP contribution in [0.4, 0.5) is 0 Å². The molecule has 1 aliphatic carbocycles. The Kier molecular flexibility index (Phi) is 2.91. The van der Waals surface area contributed by atoms with Gasteiger partial charge in [0.1, 0.15) is 11.4 Å². The van der Waals surface area contributed by atoms with E-state index in [1.165, 1.54) is 25.7 Å². The highest BCUT2D eigenvalue weighted by atomic mass is 16.5. The molecule has 2 aromatic rings. The molecule has 1 aromatic heterocycles. The highest BCUT2D eigenvalue weighted by molar-refractivity contribution is 5.99. The maximum Gasteiger partial charge on any atom is 0.270 e. The quantitative estimate of drug-likeness (QED) is 0.920. The van der Waals surface area contributed by atoms with Gasteiger partial charge in [-0.05, 0) is 49.8 Å². The number of methoxy groups -OCH3 is 1. The number of carbonyl (C=O) groups excluding carboxylic acids is 1. The van der Waals surface area contributed by atoms with Crippen LogP contribution in [0.3, 0.4) is 0 Å². The minimum atomic E-state index is 0.141. The third kappa shape index (κ3) is 2.01. The van der Waals surface area contributed by atoms with Gasteiger partial charge in [-0.15, -0.1) is 0 Å². The van der Waals surface area contributed by atoms with Gasteiger partial charge in [-0.2, -0.15) is 0 Å². The van der Waals surface area contributed by atoms with Crippen molar-refractivity contribution in [1.29, 1.82) is 0 Å². The predicted molar refractivity (Wildman–Crippen MR) is 81.6 cm³/mol. The molecule has 3 aliphatic rings. The van der Waals surface area contributed by atoms with Crippen molar-refractivity contribution in [2.24, 2.45) is 5.92 Å². The van der Waals surface area contributed by atoms with Gasteiger partial charge in [0.05, 0.1) is 7.11 Å². The molecular weight excluding hydrogens is 264 g/mol. The summed E-state index contributed by atoms with van der Waals surface area (Å²) in [6, 6.07) is 8.22. The van der Waals surface area contributed by atoms with E-state index in [0.29, 0.717) is 17.7 Å². The molecule has 3 heterocycles. The normalized spacial score (nSPS) is 24.5. The summed E-state index contributed by atoms with van der Waals surface area (Å²) in [5, 5.41) is 0.977. The third-order valence-electron chi connectivity index (χ3n) is 5.05. The average Bonchev–Trinajstić information content (AvgIpc) is 2.99. The van der Waals surface area contributed by atoms with E-state index in [4.69, 9.17) is 4.74 Å². The van der Waals surface area contributed by atoms with E-state index in [9.17, 15) is 4.79 Å². The second-order valence-electron chi connectivity index (χ2n) is 6.24. The largest absolute Gasteiger partial charge is 0.496 e. The molecule has 4 nitrogen and oxygen atoms in total. The number of amides is 1. The number of aromatic nitrogens is 1. The van der Waals surface area contributed by atoms with Gasteiger partial charge >= 0.3 is 0 Å². The van der Waals surface area contributed by atoms with Crippen LogP contribution in [0, 0.1) is 5.92 Å². The maximum absolute atomic E-state index is 12.8. The van der Waals surface area contributed by atoms with Gasteiger partial charge in [0, 0.05) is 23.5 Å². The fourth-order valence-corrected chi connectivity index (χ4v) is 3.89. The summed E-state index contributed by atoms with van der Waals surface area (Å²) in [5.41, 5.74) is 1.64. The predicted octanol–water partition coefficient (Wildman–Crippen LogP) is 3.19. The van der Waals surface area contributed by atoms with Crippen molar-refractivity contribution in [2.75, 3.05) is 13.7 Å². The highest BCUT2D eigenvalue weighted by Gasteiger charge is 2.37. The zero-order chi connectivity index (χ0) is 14.4. The lowest BCUT2D eigenvalue weighted by Gasteiger charge is -2.45. The van der Waals surface area contributed by atoms with Crippen molar-refractivity contribution >= 4 is 16.8 Å². The van der Waals surface area contributed by atoms with Gasteiger partial charge in [-0.3, -0.25) is 4.79 Å². The topological polar surface area (TPSA) is 45.3 Å². The summed E-state index contributed by atoms with van der Waals surface area (Å²) in [5.74, 6) is 1.66. The van der Waals surface area contributed by atoms with Crippen LogP contribution < -0.4 is 4.74 Å². The molecule has 5 rings (SSSR count). The van der Waals surface area contributed by atoms with Crippen LogP contribution in [0.5, 0.6) is 5.75 Å². The zero-order valence-corrected chi connectivity index (χ0v) is 12.3. The lowest BCUT2D eigenvalue weighted by atomic mass is 9.80. The second-order valence-corrected chi connectivity index (χ2v) is 6.24. The Morgan fingerprint density at radius 2 is 2.10 bits per heavy atom. The van der Waals surface area contributed by atoms with E-state index in [2.05, 4.69) is 9.88 Å². The average molecular weight is 284 g/mol. The van der Waals surface area contributed by atoms with E-state index in [1.807, 2.05) is 24.3 Å². The molecule has 0 atom stereocenters. The number of fused-ring (bicyclic) bond motifs is 4. The maximum atomic E-state index is 12.8. The number of ether oxygens (including phenoxy) is 1. The molecule has 2 bridgehead atoms. The number of benzene rings is 1. The van der Waals surface area contributed by atoms with Crippen LogP contribution >= 0.6 is 0 Å². The Balaban J connectivity index is 1.68. The molecule has 1 N–H and O–H groups in total. The van der Waals surface area contributed by atoms with Crippen molar-refractivity contribution in [1.82, 2.24) is 9.88 Å². The SMILES string of the molecule is COc1cccc2[nH]c(C(=O)N3CC4CCC3CC4)cc12. The number of aromatic amines is 1. The van der Waals surface area contributed by atoms with Crippen LogP contribution in [-0.2, 0) is 0 Å². The van der Waals surface area contributed by atoms with Crippen molar-refractivity contribution in [2.45, 2.75) is 31.7 Å². The highest BCUT2D eigenvalue weighted by Crippen LogP contribution is 2.36. The summed E-state index contributed by atoms with van der Waals surface area (Å²) in [6.45, 7) is 0.927. The van der Waals surface area contributed by atoms with E-state index in [0.717, 1.165) is 23.2 Å². The zero-order valence-electron chi connectivity index (χ0n) is 12.3. The first kappa shape index (κ1) is 12.7. The Hall–Kier alpha value is -1.97. The van der Waals surface area contributed by atoms with Crippen LogP contribution in [0.1, 0.15) is 36.2 Å². The molecule has 2 saturated heterocycles. The number of nitrogens with one attached hydrogen (secondary N) is 1. The number of carbonyl (C=O) groups is 1. The van der Waals surface area contributed by atoms with Crippen molar-refractivity contribution in [3.63, 3.8) is 0 Å². The standard InChI is InChI=1S/C17H20N2O2/c1-21-16-4-2-3-14-13(16)9-15(18-14)17(20)19-10-11-5-7-12(19)8-6-11/h2-4,9,11-12,18H,5-8,10H2,1H3. The summed E-state index contributed by atoms with van der Waals surface area (Å²) < 4.78 is 5.37. The summed E-state index contributed by atoms with van der Waals surface area (Å²) in [7, 11) is 1.66. The first-order chi connectivity index (χ1) is 10.3. The van der Waals surface area contributed by atoms with Gasteiger partial charge in [0.15, 0.2) is 0 Å². The lowest BCUT2D eigenvalue weighted by Crippen LogP contribution is -2.50. The van der Waals surface area contributed by atoms with E-state index >= 15 is 0 Å². The smallest absolute Gasteiger partial charge is 0.270 e. The molecule has 3 fully saturated rings. The summed E-state index contributed by atoms with van der Waals surface area (Å²) in [6.07, 6.45) is 4.91. The van der Waals surface area contributed by atoms with E-state index < -0.39 is 0 Å². The number of nitrogens with zero attached hydrogens (tertiary/aromatic N) is 1. The fraction of sp³-hybridized carbons (Fsp3) is 0.471. The molecule has 1 amide bonds. The number of hydrogen-bond acceptors (Lipinski definition) is 2. The summed E-state index contributed by atoms with van der Waals surface area (Å²) >= 11 is 0. The van der Waals surface area contributed by atoms with E-state index in [-0.39, 0.29) is 5.91 Å². The van der Waals surface area contributed by atoms with Gasteiger partial charge in [-0.1, -0.05) is 6.07 Å². The molecule has 0 radical (unpaired) electrons. The molecule has 0 spiro atoms. The number of piperidine rings is 2. The molecule has 21 heavy (non-hydrogen) atoms. The molecule has 2 aliphatic heterocycles. The Labute approximate surface area is 124 Å². The number of rotatable bonds is 2. The first-order valence-electron chi connectivity index (χ1n) is 7.73. The molecule has 1 aromatic carbocycles. The monoisotopic (exact) mass is 284 g/mol. The Bertz CT molecular complexity index is 683. The fourth-order valence-electron chi connectivity index (χ4n) is 3.89. The van der Waals surface area contributed by atoms with Crippen molar-refractivity contribution in [3.05, 3.63) is 30.0 Å². The number of H-pyrrole nitrogens is 1. The van der Waals surface area contributed by atoms with Crippen LogP contribution in [0.25, 0.3) is 10.9 Å². The van der Waals surface area contributed by atoms with Gasteiger partial charge in [-0.25, -0.2) is 0 Å². The molecule has 110 valence electrons. The molecule has 1 saturated carbocycles. The van der Waals surface area contributed by atoms with Gasteiger partial charge in [0.2, 0.25) is 0 Å². The third-order valence-corrected chi connectivity index (χ3v) is 5.05. The minimum Gasteiger partial charge on any atom is -0.496 e. The Morgan fingerprint density at radius 3 is 2.76 bits per heavy atom. The lowest BCUT2D eigenvalue weighted by molar-refractivity contribution is 0.0329.